The summed E-state index contributed by atoms with van der Waals surface area (Å²) in [5.41, 5.74) is 2.47. The van der Waals surface area contributed by atoms with Crippen LogP contribution in [0.5, 0.6) is 11.5 Å². The van der Waals surface area contributed by atoms with E-state index in [1.807, 2.05) is 55.5 Å². The molecule has 25 heavy (non-hydrogen) atoms. The number of methoxy groups -OCH3 is 2. The van der Waals surface area contributed by atoms with Crippen molar-refractivity contribution >= 4 is 46.0 Å². The summed E-state index contributed by atoms with van der Waals surface area (Å²) in [7, 11) is 3.22. The summed E-state index contributed by atoms with van der Waals surface area (Å²) >= 11 is 6.68. The number of amides is 1. The predicted octanol–water partition coefficient (Wildman–Crippen LogP) is 4.42. The Balaban J connectivity index is 1.99. The number of carbonyl (C=O) groups is 1. The number of nitrogens with zero attached hydrogens (tertiary/aromatic N) is 1. The smallest absolute Gasteiger partial charge is 0.270 e. The Bertz CT molecular complexity index is 862. The van der Waals surface area contributed by atoms with Gasteiger partial charge in [-0.2, -0.15) is 0 Å². The highest BCUT2D eigenvalue weighted by Gasteiger charge is 2.33. The lowest BCUT2D eigenvalue weighted by Gasteiger charge is -2.14. The molecule has 4 nitrogen and oxygen atoms in total. The van der Waals surface area contributed by atoms with Gasteiger partial charge in [0.2, 0.25) is 0 Å². The second-order valence-corrected chi connectivity index (χ2v) is 7.04. The van der Waals surface area contributed by atoms with E-state index in [1.54, 1.807) is 19.1 Å². The number of thiocarbonyl (C=S) groups is 1. The Morgan fingerprint density at radius 2 is 1.80 bits per heavy atom. The van der Waals surface area contributed by atoms with Crippen molar-refractivity contribution in [3.63, 3.8) is 0 Å². The molecule has 128 valence electrons. The van der Waals surface area contributed by atoms with Crippen molar-refractivity contribution in [3.8, 4) is 11.5 Å². The molecule has 0 aliphatic carbocycles. The fourth-order valence-electron chi connectivity index (χ4n) is 2.71. The maximum Gasteiger partial charge on any atom is 0.270 e. The highest BCUT2D eigenvalue weighted by molar-refractivity contribution is 8.27. The molecule has 1 saturated heterocycles. The lowest BCUT2D eigenvalue weighted by atomic mass is 10.1. The minimum absolute atomic E-state index is 0.128. The molecule has 1 fully saturated rings. The number of thioether (sulfide) groups is 1. The van der Waals surface area contributed by atoms with E-state index in [2.05, 4.69) is 0 Å². The molecular formula is C19H17NO3S2. The van der Waals surface area contributed by atoms with Crippen LogP contribution in [0, 0.1) is 6.92 Å². The van der Waals surface area contributed by atoms with E-state index in [-0.39, 0.29) is 5.91 Å². The van der Waals surface area contributed by atoms with E-state index in [0.717, 1.165) is 22.6 Å². The Morgan fingerprint density at radius 1 is 1.08 bits per heavy atom. The lowest BCUT2D eigenvalue weighted by molar-refractivity contribution is -0.113. The third-order valence-corrected chi connectivity index (χ3v) is 5.21. The number of hydrogen-bond donors (Lipinski definition) is 0. The average Bonchev–Trinajstić information content (AvgIpc) is 2.90. The molecule has 0 unspecified atom stereocenters. The second-order valence-electron chi connectivity index (χ2n) is 5.37. The molecule has 0 saturated carbocycles. The number of para-hydroxylation sites is 1. The van der Waals surface area contributed by atoms with Gasteiger partial charge >= 0.3 is 0 Å². The highest BCUT2D eigenvalue weighted by Crippen LogP contribution is 2.38. The normalized spacial score (nSPS) is 15.8. The zero-order valence-electron chi connectivity index (χ0n) is 14.1. The Morgan fingerprint density at radius 3 is 2.44 bits per heavy atom. The summed E-state index contributed by atoms with van der Waals surface area (Å²) in [6.45, 7) is 1.92. The van der Waals surface area contributed by atoms with Gasteiger partial charge in [0, 0.05) is 11.1 Å². The number of ether oxygens (including phenoxy) is 2. The molecule has 1 aliphatic heterocycles. The largest absolute Gasteiger partial charge is 0.496 e. The van der Waals surface area contributed by atoms with E-state index in [9.17, 15) is 4.79 Å². The average molecular weight is 371 g/mol. The van der Waals surface area contributed by atoms with Gasteiger partial charge in [-0.3, -0.25) is 9.69 Å². The zero-order chi connectivity index (χ0) is 18.0. The van der Waals surface area contributed by atoms with Crippen molar-refractivity contribution in [3.05, 3.63) is 58.5 Å². The van der Waals surface area contributed by atoms with Crippen LogP contribution in [0.1, 0.15) is 11.1 Å². The second kappa shape index (κ2) is 7.29. The Labute approximate surface area is 156 Å². The molecule has 2 aromatic rings. The Hall–Kier alpha value is -2.31. The van der Waals surface area contributed by atoms with Gasteiger partial charge < -0.3 is 9.47 Å². The van der Waals surface area contributed by atoms with Gasteiger partial charge in [-0.15, -0.1) is 0 Å². The van der Waals surface area contributed by atoms with Crippen molar-refractivity contribution < 1.29 is 14.3 Å². The third-order valence-electron chi connectivity index (χ3n) is 3.91. The molecule has 1 heterocycles. The van der Waals surface area contributed by atoms with Crippen LogP contribution in [0.2, 0.25) is 0 Å². The fourth-order valence-corrected chi connectivity index (χ4v) is 4.00. The van der Waals surface area contributed by atoms with Crippen molar-refractivity contribution in [2.24, 2.45) is 0 Å². The molecular weight excluding hydrogens is 354 g/mol. The number of rotatable bonds is 4. The summed E-state index contributed by atoms with van der Waals surface area (Å²) in [5, 5.41) is 0. The molecule has 2 aromatic carbocycles. The summed E-state index contributed by atoms with van der Waals surface area (Å²) in [4.78, 5) is 14.9. The van der Waals surface area contributed by atoms with Crippen LogP contribution >= 0.6 is 24.0 Å². The van der Waals surface area contributed by atoms with E-state index < -0.39 is 0 Å². The van der Waals surface area contributed by atoms with Crippen LogP contribution in [-0.4, -0.2) is 24.4 Å². The van der Waals surface area contributed by atoms with E-state index in [4.69, 9.17) is 21.7 Å². The van der Waals surface area contributed by atoms with E-state index in [1.165, 1.54) is 11.8 Å². The van der Waals surface area contributed by atoms with E-state index >= 15 is 0 Å². The SMILES string of the molecule is COc1ccc(/C=C2/SC(=S)N(c3ccccc3)C2=O)c(OC)c1C. The third kappa shape index (κ3) is 3.27. The van der Waals surface area contributed by atoms with Crippen molar-refractivity contribution in [1.82, 2.24) is 0 Å². The van der Waals surface area contributed by atoms with Crippen LogP contribution < -0.4 is 14.4 Å². The van der Waals surface area contributed by atoms with Crippen molar-refractivity contribution in [1.29, 1.82) is 0 Å². The minimum Gasteiger partial charge on any atom is -0.496 e. The molecule has 1 aliphatic rings. The van der Waals surface area contributed by atoms with Gasteiger partial charge in [-0.05, 0) is 37.3 Å². The topological polar surface area (TPSA) is 38.8 Å². The summed E-state index contributed by atoms with van der Waals surface area (Å²) in [5.74, 6) is 1.30. The van der Waals surface area contributed by atoms with Crippen LogP contribution in [0.3, 0.4) is 0 Å². The van der Waals surface area contributed by atoms with Crippen molar-refractivity contribution in [2.45, 2.75) is 6.92 Å². The summed E-state index contributed by atoms with van der Waals surface area (Å²) < 4.78 is 11.4. The molecule has 0 bridgehead atoms. The van der Waals surface area contributed by atoms with Gasteiger partial charge in [0.05, 0.1) is 24.8 Å². The molecule has 6 heteroatoms. The zero-order valence-corrected chi connectivity index (χ0v) is 15.7. The first-order valence-electron chi connectivity index (χ1n) is 7.61. The highest BCUT2D eigenvalue weighted by atomic mass is 32.2. The predicted molar refractivity (Wildman–Crippen MR) is 106 cm³/mol. The standard InChI is InChI=1S/C19H17NO3S2/c1-12-15(22-2)10-9-13(17(12)23-3)11-16-18(21)20(19(24)25-16)14-7-5-4-6-8-14/h4-11H,1-3H3/b16-11+. The van der Waals surface area contributed by atoms with Crippen LogP contribution in [0.15, 0.2) is 47.4 Å². The number of hydrogen-bond acceptors (Lipinski definition) is 5. The first-order chi connectivity index (χ1) is 12.1. The maximum absolute atomic E-state index is 12.8. The number of carbonyl (C=O) groups excluding carboxylic acids is 1. The lowest BCUT2D eigenvalue weighted by Crippen LogP contribution is -2.27. The van der Waals surface area contributed by atoms with Crippen LogP contribution in [0.25, 0.3) is 6.08 Å². The van der Waals surface area contributed by atoms with Crippen LogP contribution in [0.4, 0.5) is 5.69 Å². The monoisotopic (exact) mass is 371 g/mol. The summed E-state index contributed by atoms with van der Waals surface area (Å²) in [6.07, 6.45) is 1.81. The van der Waals surface area contributed by atoms with Gasteiger partial charge in [0.15, 0.2) is 4.32 Å². The first kappa shape index (κ1) is 17.5. The molecule has 0 atom stereocenters. The molecule has 3 rings (SSSR count). The molecule has 1 amide bonds. The molecule has 0 aromatic heterocycles. The molecule has 0 radical (unpaired) electrons. The Kier molecular flexibility index (Phi) is 5.11. The minimum atomic E-state index is -0.128. The van der Waals surface area contributed by atoms with Gasteiger partial charge in [0.1, 0.15) is 11.5 Å². The quantitative estimate of drug-likeness (QED) is 0.588. The molecule has 0 spiro atoms. The maximum atomic E-state index is 12.8. The van der Waals surface area contributed by atoms with Crippen molar-refractivity contribution in [2.75, 3.05) is 19.1 Å². The number of benzene rings is 2. The molecule has 0 N–H and O–H groups in total. The fraction of sp³-hybridized carbons (Fsp3) is 0.158. The number of anilines is 1. The van der Waals surface area contributed by atoms with Gasteiger partial charge in [-0.1, -0.05) is 42.2 Å². The summed E-state index contributed by atoms with van der Waals surface area (Å²) in [6, 6.07) is 13.1. The van der Waals surface area contributed by atoms with E-state index in [0.29, 0.717) is 15.0 Å². The first-order valence-corrected chi connectivity index (χ1v) is 8.84. The van der Waals surface area contributed by atoms with Crippen LogP contribution in [-0.2, 0) is 4.79 Å². The van der Waals surface area contributed by atoms with Gasteiger partial charge in [-0.25, -0.2) is 0 Å². The van der Waals surface area contributed by atoms with Gasteiger partial charge in [0.25, 0.3) is 5.91 Å².